The molecule has 2 atom stereocenters. The van der Waals surface area contributed by atoms with Gasteiger partial charge in [0.25, 0.3) is 5.91 Å². The second-order valence-corrected chi connectivity index (χ2v) is 10.0. The smallest absolute Gasteiger partial charge is 0.262 e. The third-order valence-corrected chi connectivity index (χ3v) is 7.38. The summed E-state index contributed by atoms with van der Waals surface area (Å²) in [6, 6.07) is 25.1. The fourth-order valence-corrected chi connectivity index (χ4v) is 5.31. The molecule has 0 saturated carbocycles. The highest BCUT2D eigenvalue weighted by Crippen LogP contribution is 2.38. The number of aliphatic imine (C=N–C) groups is 1. The predicted molar refractivity (Wildman–Crippen MR) is 142 cm³/mol. The Balaban J connectivity index is 1.35. The number of hydrogen-bond donors (Lipinski definition) is 1. The van der Waals surface area contributed by atoms with Crippen LogP contribution >= 0.6 is 23.4 Å². The molecule has 0 aliphatic carbocycles. The van der Waals surface area contributed by atoms with E-state index < -0.39 is 5.25 Å². The Morgan fingerprint density at radius 3 is 2.51 bits per heavy atom. The van der Waals surface area contributed by atoms with E-state index in [9.17, 15) is 9.59 Å². The largest absolute Gasteiger partial charge is 0.326 e. The average Bonchev–Trinajstić information content (AvgIpc) is 3.46. The molecule has 1 N–H and O–H groups in total. The topological polar surface area (TPSA) is 74.1 Å². The summed E-state index contributed by atoms with van der Waals surface area (Å²) in [5.41, 5.74) is 4.66. The van der Waals surface area contributed by atoms with Crippen LogP contribution in [0.2, 0.25) is 5.02 Å². The average molecular weight is 503 g/mol. The number of nitrogens with one attached hydrogen (secondary N) is 1. The van der Waals surface area contributed by atoms with Crippen molar-refractivity contribution in [3.8, 4) is 0 Å². The number of anilines is 1. The van der Waals surface area contributed by atoms with E-state index in [4.69, 9.17) is 16.7 Å². The number of para-hydroxylation sites is 1. The SMILES string of the molecule is Cc1ccccc1NC(=O)C[C@H]1SC(N2N=C(c3ccc(Cl)cc3)C[C@@H]2c2ccccc2)=NC1=O. The minimum Gasteiger partial charge on any atom is -0.326 e. The van der Waals surface area contributed by atoms with E-state index in [-0.39, 0.29) is 24.3 Å². The summed E-state index contributed by atoms with van der Waals surface area (Å²) in [6.45, 7) is 1.93. The Bertz CT molecular complexity index is 1320. The van der Waals surface area contributed by atoms with E-state index in [0.717, 1.165) is 28.1 Å². The molecule has 3 aromatic carbocycles. The van der Waals surface area contributed by atoms with Crippen molar-refractivity contribution >= 4 is 51.7 Å². The normalized spacial score (nSPS) is 19.5. The Hall–Kier alpha value is -3.42. The van der Waals surface area contributed by atoms with Crippen molar-refractivity contribution in [2.75, 3.05) is 5.32 Å². The summed E-state index contributed by atoms with van der Waals surface area (Å²) in [4.78, 5) is 29.7. The molecule has 0 unspecified atom stereocenters. The maximum absolute atomic E-state index is 12.8. The number of halogens is 1. The van der Waals surface area contributed by atoms with Gasteiger partial charge in [-0.2, -0.15) is 10.1 Å². The van der Waals surface area contributed by atoms with Gasteiger partial charge < -0.3 is 5.32 Å². The van der Waals surface area contributed by atoms with Gasteiger partial charge in [0.15, 0.2) is 5.17 Å². The third-order valence-electron chi connectivity index (χ3n) is 5.99. The molecule has 6 nitrogen and oxygen atoms in total. The molecule has 2 aliphatic rings. The van der Waals surface area contributed by atoms with Crippen molar-refractivity contribution in [2.45, 2.75) is 31.1 Å². The molecule has 2 heterocycles. The van der Waals surface area contributed by atoms with E-state index >= 15 is 0 Å². The first-order valence-electron chi connectivity index (χ1n) is 11.3. The number of rotatable bonds is 5. The quantitative estimate of drug-likeness (QED) is 0.476. The van der Waals surface area contributed by atoms with Gasteiger partial charge in [0.05, 0.1) is 11.8 Å². The van der Waals surface area contributed by atoms with Gasteiger partial charge in [-0.15, -0.1) is 0 Å². The van der Waals surface area contributed by atoms with Crippen LogP contribution in [0.4, 0.5) is 5.69 Å². The van der Waals surface area contributed by atoms with Crippen molar-refractivity contribution in [3.05, 3.63) is 101 Å². The van der Waals surface area contributed by atoms with E-state index in [1.165, 1.54) is 11.8 Å². The standard InChI is InChI=1S/C27H23ClN4O2S/c1-17-7-5-6-10-21(17)29-25(33)16-24-26(34)30-27(35-24)32-23(19-8-3-2-4-9-19)15-22(31-32)18-11-13-20(28)14-12-18/h2-14,23-24H,15-16H2,1H3,(H,29,33)/t23-,24-/m1/s1. The Labute approximate surface area is 213 Å². The highest BCUT2D eigenvalue weighted by molar-refractivity contribution is 8.15. The van der Waals surface area contributed by atoms with Crippen molar-refractivity contribution in [1.29, 1.82) is 0 Å². The summed E-state index contributed by atoms with van der Waals surface area (Å²) in [7, 11) is 0. The van der Waals surface area contributed by atoms with Gasteiger partial charge >= 0.3 is 0 Å². The molecule has 2 amide bonds. The van der Waals surface area contributed by atoms with Gasteiger partial charge in [-0.3, -0.25) is 9.59 Å². The molecule has 0 fully saturated rings. The maximum Gasteiger partial charge on any atom is 0.262 e. The van der Waals surface area contributed by atoms with Crippen LogP contribution in [0.25, 0.3) is 0 Å². The van der Waals surface area contributed by atoms with Crippen LogP contribution in [0.5, 0.6) is 0 Å². The molecular weight excluding hydrogens is 480 g/mol. The predicted octanol–water partition coefficient (Wildman–Crippen LogP) is 5.83. The minimum absolute atomic E-state index is 0.0441. The van der Waals surface area contributed by atoms with Crippen molar-refractivity contribution in [3.63, 3.8) is 0 Å². The lowest BCUT2D eigenvalue weighted by Crippen LogP contribution is -2.25. The molecular formula is C27H23ClN4O2S. The number of aryl methyl sites for hydroxylation is 1. The molecule has 0 radical (unpaired) electrons. The summed E-state index contributed by atoms with van der Waals surface area (Å²) < 4.78 is 0. The summed E-state index contributed by atoms with van der Waals surface area (Å²) >= 11 is 7.36. The van der Waals surface area contributed by atoms with Crippen molar-refractivity contribution in [2.24, 2.45) is 10.1 Å². The van der Waals surface area contributed by atoms with Crippen LogP contribution in [0.3, 0.4) is 0 Å². The van der Waals surface area contributed by atoms with Gasteiger partial charge in [0.1, 0.15) is 5.25 Å². The second kappa shape index (κ2) is 10.1. The molecule has 3 aromatic rings. The van der Waals surface area contributed by atoms with E-state index in [1.807, 2.05) is 90.8 Å². The summed E-state index contributed by atoms with van der Waals surface area (Å²) in [5, 5.41) is 10.2. The summed E-state index contributed by atoms with van der Waals surface area (Å²) in [6.07, 6.45) is 0.709. The van der Waals surface area contributed by atoms with Crippen molar-refractivity contribution < 1.29 is 9.59 Å². The molecule has 35 heavy (non-hydrogen) atoms. The molecule has 0 saturated heterocycles. The monoisotopic (exact) mass is 502 g/mol. The van der Waals surface area contributed by atoms with Gasteiger partial charge in [0.2, 0.25) is 5.91 Å². The van der Waals surface area contributed by atoms with Crippen LogP contribution < -0.4 is 5.32 Å². The first-order chi connectivity index (χ1) is 17.0. The number of thioether (sulfide) groups is 1. The Kier molecular flexibility index (Phi) is 6.70. The molecule has 0 bridgehead atoms. The molecule has 0 spiro atoms. The van der Waals surface area contributed by atoms with Gasteiger partial charge in [0, 0.05) is 23.6 Å². The highest BCUT2D eigenvalue weighted by atomic mass is 35.5. The number of amides is 2. The number of amidine groups is 1. The Morgan fingerprint density at radius 1 is 1.06 bits per heavy atom. The number of hydrazone groups is 1. The van der Waals surface area contributed by atoms with Crippen LogP contribution in [0, 0.1) is 6.92 Å². The minimum atomic E-state index is -0.583. The van der Waals surface area contributed by atoms with Crippen LogP contribution in [0.15, 0.2) is 89.0 Å². The number of nitrogens with zero attached hydrogens (tertiary/aromatic N) is 3. The Morgan fingerprint density at radius 2 is 1.77 bits per heavy atom. The van der Waals surface area contributed by atoms with E-state index in [1.54, 1.807) is 0 Å². The zero-order valence-corrected chi connectivity index (χ0v) is 20.6. The van der Waals surface area contributed by atoms with E-state index in [0.29, 0.717) is 16.6 Å². The van der Waals surface area contributed by atoms with Crippen LogP contribution in [0.1, 0.15) is 35.6 Å². The van der Waals surface area contributed by atoms with Crippen LogP contribution in [-0.4, -0.2) is 33.0 Å². The molecule has 5 rings (SSSR count). The van der Waals surface area contributed by atoms with E-state index in [2.05, 4.69) is 10.3 Å². The van der Waals surface area contributed by atoms with Crippen LogP contribution in [-0.2, 0) is 9.59 Å². The zero-order valence-electron chi connectivity index (χ0n) is 19.0. The number of carbonyl (C=O) groups excluding carboxylic acids is 2. The fraction of sp³-hybridized carbons (Fsp3) is 0.185. The number of benzene rings is 3. The third kappa shape index (κ3) is 5.16. The van der Waals surface area contributed by atoms with Gasteiger partial charge in [-0.1, -0.05) is 84.0 Å². The first-order valence-corrected chi connectivity index (χ1v) is 12.6. The molecule has 0 aromatic heterocycles. The number of carbonyl (C=O) groups is 2. The second-order valence-electron chi connectivity index (χ2n) is 8.44. The molecule has 176 valence electrons. The van der Waals surface area contributed by atoms with Gasteiger partial charge in [-0.05, 0) is 41.8 Å². The lowest BCUT2D eigenvalue weighted by Gasteiger charge is -2.23. The van der Waals surface area contributed by atoms with Gasteiger partial charge in [-0.25, -0.2) is 5.01 Å². The summed E-state index contributed by atoms with van der Waals surface area (Å²) in [5.74, 6) is -0.528. The first kappa shape index (κ1) is 23.3. The number of hydrogen-bond acceptors (Lipinski definition) is 5. The lowest BCUT2D eigenvalue weighted by molar-refractivity contribution is -0.121. The zero-order chi connectivity index (χ0) is 24.4. The highest BCUT2D eigenvalue weighted by Gasteiger charge is 2.39. The maximum atomic E-state index is 12.8. The molecule has 8 heteroatoms. The van der Waals surface area contributed by atoms with Crippen molar-refractivity contribution in [1.82, 2.24) is 5.01 Å². The molecule has 2 aliphatic heterocycles. The fourth-order valence-electron chi connectivity index (χ4n) is 4.13. The lowest BCUT2D eigenvalue weighted by atomic mass is 9.99.